The Morgan fingerprint density at radius 1 is 0.905 bits per heavy atom. The van der Waals surface area contributed by atoms with Crippen molar-refractivity contribution in [2.24, 2.45) is 5.92 Å². The van der Waals surface area contributed by atoms with Crippen molar-refractivity contribution in [2.75, 3.05) is 16.0 Å². The Morgan fingerprint density at radius 2 is 1.60 bits per heavy atom. The number of hydrogen-bond donors (Lipinski definition) is 3. The third kappa shape index (κ3) is 6.42. The van der Waals surface area contributed by atoms with Crippen LogP contribution in [0.1, 0.15) is 27.4 Å². The summed E-state index contributed by atoms with van der Waals surface area (Å²) in [6.45, 7) is 0. The standard InChI is InChI=1S/C26H15Cl3F7N3O3/c27-14-5-4-12(37-23(41)18-17(25(18,28)29)10-2-1-3-11(8-10)26(34,35)36)9-13(14)22(40)38-16-7-6-15(30)20(19(16)31)39-24(42)21(32)33/h1-9,17-18,21H,(H,37,41)(H,38,40)(H,39,42). The van der Waals surface area contributed by atoms with Gasteiger partial charge in [0.1, 0.15) is 15.8 Å². The van der Waals surface area contributed by atoms with Crippen LogP contribution in [-0.4, -0.2) is 28.5 Å². The summed E-state index contributed by atoms with van der Waals surface area (Å²) in [5.74, 6) is -8.96. The predicted molar refractivity (Wildman–Crippen MR) is 141 cm³/mol. The lowest BCUT2D eigenvalue weighted by Crippen LogP contribution is -2.22. The molecule has 0 saturated heterocycles. The van der Waals surface area contributed by atoms with Crippen LogP contribution in [-0.2, 0) is 15.8 Å². The molecule has 16 heteroatoms. The molecular formula is C26H15Cl3F7N3O3. The van der Waals surface area contributed by atoms with Crippen LogP contribution in [0.4, 0.5) is 47.8 Å². The van der Waals surface area contributed by atoms with Crippen molar-refractivity contribution in [3.63, 3.8) is 0 Å². The van der Waals surface area contributed by atoms with Gasteiger partial charge in [0.25, 0.3) is 11.8 Å². The number of carbonyl (C=O) groups excluding carboxylic acids is 3. The maximum Gasteiger partial charge on any atom is 0.416 e. The third-order valence-corrected chi connectivity index (χ3v) is 7.44. The maximum atomic E-state index is 14.7. The van der Waals surface area contributed by atoms with Crippen molar-refractivity contribution >= 4 is 69.6 Å². The molecule has 0 radical (unpaired) electrons. The lowest BCUT2D eigenvalue weighted by Gasteiger charge is -2.13. The van der Waals surface area contributed by atoms with Crippen molar-refractivity contribution in [1.82, 2.24) is 0 Å². The molecule has 3 N–H and O–H groups in total. The molecule has 0 bridgehead atoms. The van der Waals surface area contributed by atoms with Crippen molar-refractivity contribution < 1.29 is 45.1 Å². The van der Waals surface area contributed by atoms with E-state index in [0.717, 1.165) is 30.3 Å². The monoisotopic (exact) mass is 655 g/mol. The summed E-state index contributed by atoms with van der Waals surface area (Å²) in [5, 5.41) is 5.70. The molecule has 3 amide bonds. The average molecular weight is 657 g/mol. The summed E-state index contributed by atoms with van der Waals surface area (Å²) >= 11 is 18.5. The van der Waals surface area contributed by atoms with Crippen LogP contribution in [0.25, 0.3) is 0 Å². The molecule has 0 aliphatic heterocycles. The minimum absolute atomic E-state index is 0.0298. The molecule has 1 aliphatic rings. The molecule has 3 aromatic rings. The molecule has 1 aliphatic carbocycles. The van der Waals surface area contributed by atoms with Crippen LogP contribution >= 0.6 is 34.8 Å². The van der Waals surface area contributed by atoms with E-state index in [1.807, 2.05) is 0 Å². The SMILES string of the molecule is O=C(Nc1ccc(F)c(NC(=O)C(F)F)c1F)c1cc(NC(=O)C2C(c3cccc(C(F)(F)F)c3)C2(Cl)Cl)ccc1Cl. The predicted octanol–water partition coefficient (Wildman–Crippen LogP) is 7.62. The Morgan fingerprint density at radius 3 is 2.24 bits per heavy atom. The summed E-state index contributed by atoms with van der Waals surface area (Å²) in [7, 11) is 0. The van der Waals surface area contributed by atoms with E-state index in [4.69, 9.17) is 34.8 Å². The van der Waals surface area contributed by atoms with Gasteiger partial charge >= 0.3 is 12.6 Å². The van der Waals surface area contributed by atoms with Gasteiger partial charge in [-0.15, -0.1) is 23.2 Å². The highest BCUT2D eigenvalue weighted by atomic mass is 35.5. The van der Waals surface area contributed by atoms with E-state index in [1.165, 1.54) is 23.5 Å². The molecule has 6 nitrogen and oxygen atoms in total. The van der Waals surface area contributed by atoms with Gasteiger partial charge in [-0.05, 0) is 42.0 Å². The first-order valence-corrected chi connectivity index (χ1v) is 12.7. The highest BCUT2D eigenvalue weighted by Crippen LogP contribution is 2.65. The molecule has 3 aromatic carbocycles. The zero-order chi connectivity index (χ0) is 31.1. The number of benzene rings is 3. The number of rotatable bonds is 7. The van der Waals surface area contributed by atoms with Crippen molar-refractivity contribution in [3.05, 3.63) is 87.9 Å². The zero-order valence-electron chi connectivity index (χ0n) is 20.4. The Balaban J connectivity index is 1.52. The fourth-order valence-corrected chi connectivity index (χ4v) is 5.14. The molecule has 1 fully saturated rings. The first-order chi connectivity index (χ1) is 19.5. The number of carbonyl (C=O) groups is 3. The van der Waals surface area contributed by atoms with E-state index in [1.54, 1.807) is 0 Å². The Kier molecular flexibility index (Phi) is 8.68. The second-order valence-corrected chi connectivity index (χ2v) is 10.8. The summed E-state index contributed by atoms with van der Waals surface area (Å²) in [4.78, 5) is 37.0. The number of hydrogen-bond acceptors (Lipinski definition) is 3. The fourth-order valence-electron chi connectivity index (χ4n) is 4.10. The second-order valence-electron chi connectivity index (χ2n) is 8.96. The average Bonchev–Trinajstić information content (AvgIpc) is 3.50. The number of nitrogens with one attached hydrogen (secondary N) is 3. The van der Waals surface area contributed by atoms with Gasteiger partial charge in [-0.3, -0.25) is 14.4 Å². The lowest BCUT2D eigenvalue weighted by atomic mass is 10.1. The van der Waals surface area contributed by atoms with Crippen molar-refractivity contribution in [2.45, 2.75) is 22.9 Å². The molecule has 2 atom stereocenters. The summed E-state index contributed by atoms with van der Waals surface area (Å²) in [6.07, 6.45) is -8.21. The molecule has 2 unspecified atom stereocenters. The molecule has 42 heavy (non-hydrogen) atoms. The first-order valence-electron chi connectivity index (χ1n) is 11.6. The Hall–Kier alpha value is -3.55. The molecule has 0 heterocycles. The van der Waals surface area contributed by atoms with Gasteiger partial charge in [0, 0.05) is 11.6 Å². The van der Waals surface area contributed by atoms with E-state index < -0.39 is 75.1 Å². The van der Waals surface area contributed by atoms with E-state index in [9.17, 15) is 45.1 Å². The van der Waals surface area contributed by atoms with Crippen molar-refractivity contribution in [3.8, 4) is 0 Å². The van der Waals surface area contributed by atoms with Crippen LogP contribution < -0.4 is 16.0 Å². The number of anilines is 3. The molecule has 4 rings (SSSR count). The fraction of sp³-hybridized carbons (Fsp3) is 0.192. The Bertz CT molecular complexity index is 1580. The van der Waals surface area contributed by atoms with Crippen LogP contribution in [0.3, 0.4) is 0 Å². The van der Waals surface area contributed by atoms with E-state index in [-0.39, 0.29) is 21.8 Å². The van der Waals surface area contributed by atoms with Gasteiger partial charge in [-0.2, -0.15) is 22.0 Å². The Labute approximate surface area is 247 Å². The molecule has 0 spiro atoms. The smallest absolute Gasteiger partial charge is 0.326 e. The van der Waals surface area contributed by atoms with Gasteiger partial charge in [0.15, 0.2) is 5.82 Å². The molecule has 222 valence electrons. The minimum atomic E-state index is -4.64. The highest BCUT2D eigenvalue weighted by Gasteiger charge is 2.67. The highest BCUT2D eigenvalue weighted by molar-refractivity contribution is 6.53. The quantitative estimate of drug-likeness (QED) is 0.181. The van der Waals surface area contributed by atoms with E-state index in [0.29, 0.717) is 6.07 Å². The zero-order valence-corrected chi connectivity index (χ0v) is 22.7. The van der Waals surface area contributed by atoms with Crippen molar-refractivity contribution in [1.29, 1.82) is 0 Å². The van der Waals surface area contributed by atoms with Crippen LogP contribution in [0, 0.1) is 17.6 Å². The number of amides is 3. The number of halogens is 10. The molecular weight excluding hydrogens is 642 g/mol. The van der Waals surface area contributed by atoms with Gasteiger partial charge < -0.3 is 16.0 Å². The molecule has 1 saturated carbocycles. The van der Waals surface area contributed by atoms with E-state index in [2.05, 4.69) is 10.6 Å². The van der Waals surface area contributed by atoms with Gasteiger partial charge in [0.2, 0.25) is 5.91 Å². The lowest BCUT2D eigenvalue weighted by molar-refractivity contribution is -0.137. The van der Waals surface area contributed by atoms with Gasteiger partial charge in [0.05, 0.1) is 27.8 Å². The van der Waals surface area contributed by atoms with Gasteiger partial charge in [-0.1, -0.05) is 29.8 Å². The van der Waals surface area contributed by atoms with Crippen LogP contribution in [0.2, 0.25) is 5.02 Å². The topological polar surface area (TPSA) is 87.3 Å². The summed E-state index contributed by atoms with van der Waals surface area (Å²) in [6, 6.07) is 9.09. The second kappa shape index (κ2) is 11.6. The third-order valence-electron chi connectivity index (χ3n) is 6.17. The number of alkyl halides is 7. The van der Waals surface area contributed by atoms with Crippen LogP contribution in [0.15, 0.2) is 54.6 Å². The van der Waals surface area contributed by atoms with Crippen LogP contribution in [0.5, 0.6) is 0 Å². The maximum absolute atomic E-state index is 14.7. The minimum Gasteiger partial charge on any atom is -0.326 e. The van der Waals surface area contributed by atoms with E-state index >= 15 is 0 Å². The summed E-state index contributed by atoms with van der Waals surface area (Å²) < 4.78 is 91.4. The first kappa shape index (κ1) is 31.4. The summed E-state index contributed by atoms with van der Waals surface area (Å²) in [5.41, 5.74) is -3.16. The van der Waals surface area contributed by atoms with Gasteiger partial charge in [-0.25, -0.2) is 8.78 Å². The normalized spacial score (nSPS) is 17.5. The largest absolute Gasteiger partial charge is 0.416 e. The molecule has 0 aromatic heterocycles.